The standard InChI is InChI=1S/C18H20O4/c1-19-14-7-4-12(5-8-14)15-9-6-13-10-17(20-2)18(21-3)11-16(13)22-15/h4-5,7-8,10-11,15H,6,9H2,1-3H3. The molecular formula is C18H20O4. The summed E-state index contributed by atoms with van der Waals surface area (Å²) in [6, 6.07) is 11.9. The number of aryl methyl sites for hydroxylation is 1. The Morgan fingerprint density at radius 2 is 1.59 bits per heavy atom. The van der Waals surface area contributed by atoms with Gasteiger partial charge >= 0.3 is 0 Å². The molecule has 1 unspecified atom stereocenters. The van der Waals surface area contributed by atoms with Crippen molar-refractivity contribution >= 4 is 0 Å². The van der Waals surface area contributed by atoms with Gasteiger partial charge in [0, 0.05) is 6.07 Å². The van der Waals surface area contributed by atoms with Gasteiger partial charge in [0.2, 0.25) is 0 Å². The predicted octanol–water partition coefficient (Wildman–Crippen LogP) is 3.78. The van der Waals surface area contributed by atoms with Crippen molar-refractivity contribution in [3.63, 3.8) is 0 Å². The van der Waals surface area contributed by atoms with Crippen LogP contribution in [0.1, 0.15) is 23.7 Å². The van der Waals surface area contributed by atoms with Gasteiger partial charge in [0.05, 0.1) is 21.3 Å². The molecule has 116 valence electrons. The molecular weight excluding hydrogens is 280 g/mol. The molecule has 2 aromatic rings. The van der Waals surface area contributed by atoms with Gasteiger partial charge in [-0.3, -0.25) is 0 Å². The van der Waals surface area contributed by atoms with Crippen molar-refractivity contribution in [1.29, 1.82) is 0 Å². The Labute approximate surface area is 130 Å². The highest BCUT2D eigenvalue weighted by Crippen LogP contribution is 2.41. The fourth-order valence-electron chi connectivity index (χ4n) is 2.76. The van der Waals surface area contributed by atoms with Crippen LogP contribution in [0, 0.1) is 0 Å². The van der Waals surface area contributed by atoms with Crippen molar-refractivity contribution in [2.75, 3.05) is 21.3 Å². The lowest BCUT2D eigenvalue weighted by atomic mass is 9.97. The number of fused-ring (bicyclic) bond motifs is 1. The van der Waals surface area contributed by atoms with E-state index >= 15 is 0 Å². The zero-order valence-corrected chi connectivity index (χ0v) is 13.1. The third kappa shape index (κ3) is 2.69. The van der Waals surface area contributed by atoms with Gasteiger partial charge in [0.25, 0.3) is 0 Å². The molecule has 4 heteroatoms. The van der Waals surface area contributed by atoms with E-state index in [1.807, 2.05) is 24.3 Å². The van der Waals surface area contributed by atoms with E-state index in [4.69, 9.17) is 18.9 Å². The highest BCUT2D eigenvalue weighted by Gasteiger charge is 2.23. The zero-order valence-electron chi connectivity index (χ0n) is 13.1. The van der Waals surface area contributed by atoms with Gasteiger partial charge in [0.15, 0.2) is 11.5 Å². The van der Waals surface area contributed by atoms with Gasteiger partial charge in [-0.05, 0) is 42.2 Å². The van der Waals surface area contributed by atoms with Crippen LogP contribution in [0.15, 0.2) is 36.4 Å². The number of benzene rings is 2. The summed E-state index contributed by atoms with van der Waals surface area (Å²) in [5.41, 5.74) is 2.31. The summed E-state index contributed by atoms with van der Waals surface area (Å²) in [7, 11) is 4.95. The molecule has 1 heterocycles. The average Bonchev–Trinajstić information content (AvgIpc) is 2.60. The van der Waals surface area contributed by atoms with E-state index in [0.29, 0.717) is 5.75 Å². The quantitative estimate of drug-likeness (QED) is 0.861. The zero-order chi connectivity index (χ0) is 15.5. The molecule has 4 nitrogen and oxygen atoms in total. The van der Waals surface area contributed by atoms with E-state index in [2.05, 4.69) is 12.1 Å². The summed E-state index contributed by atoms with van der Waals surface area (Å²) in [5, 5.41) is 0. The number of methoxy groups -OCH3 is 3. The topological polar surface area (TPSA) is 36.9 Å². The van der Waals surface area contributed by atoms with Crippen molar-refractivity contribution in [3.05, 3.63) is 47.5 Å². The van der Waals surface area contributed by atoms with Gasteiger partial charge in [-0.2, -0.15) is 0 Å². The number of hydrogen-bond donors (Lipinski definition) is 0. The first-order valence-corrected chi connectivity index (χ1v) is 7.30. The van der Waals surface area contributed by atoms with Gasteiger partial charge in [-0.25, -0.2) is 0 Å². The fraction of sp³-hybridized carbons (Fsp3) is 0.333. The Morgan fingerprint density at radius 3 is 2.23 bits per heavy atom. The lowest BCUT2D eigenvalue weighted by molar-refractivity contribution is 0.175. The molecule has 0 aromatic heterocycles. The Bertz CT molecular complexity index is 649. The molecule has 1 atom stereocenters. The molecule has 0 radical (unpaired) electrons. The van der Waals surface area contributed by atoms with E-state index in [-0.39, 0.29) is 6.10 Å². The van der Waals surface area contributed by atoms with Gasteiger partial charge in [-0.1, -0.05) is 12.1 Å². The molecule has 0 N–H and O–H groups in total. The summed E-state index contributed by atoms with van der Waals surface area (Å²) in [6.07, 6.45) is 1.94. The number of rotatable bonds is 4. The summed E-state index contributed by atoms with van der Waals surface area (Å²) in [5.74, 6) is 3.15. The maximum atomic E-state index is 6.16. The second kappa shape index (κ2) is 6.18. The summed E-state index contributed by atoms with van der Waals surface area (Å²) >= 11 is 0. The first-order chi connectivity index (χ1) is 10.7. The molecule has 0 amide bonds. The summed E-state index contributed by atoms with van der Waals surface area (Å²) in [6.45, 7) is 0. The van der Waals surface area contributed by atoms with Gasteiger partial charge in [-0.15, -0.1) is 0 Å². The first kappa shape index (κ1) is 14.6. The van der Waals surface area contributed by atoms with Crippen molar-refractivity contribution in [2.24, 2.45) is 0 Å². The van der Waals surface area contributed by atoms with Crippen molar-refractivity contribution in [3.8, 4) is 23.0 Å². The molecule has 1 aliphatic rings. The molecule has 0 fully saturated rings. The maximum Gasteiger partial charge on any atom is 0.164 e. The Hall–Kier alpha value is -2.36. The third-order valence-corrected chi connectivity index (χ3v) is 4.00. The minimum atomic E-state index is 0.0523. The summed E-state index contributed by atoms with van der Waals surface area (Å²) < 4.78 is 22.1. The minimum absolute atomic E-state index is 0.0523. The van der Waals surface area contributed by atoms with Crippen LogP contribution in [-0.4, -0.2) is 21.3 Å². The van der Waals surface area contributed by atoms with Crippen molar-refractivity contribution in [1.82, 2.24) is 0 Å². The van der Waals surface area contributed by atoms with Crippen molar-refractivity contribution < 1.29 is 18.9 Å². The lowest BCUT2D eigenvalue weighted by Gasteiger charge is -2.27. The van der Waals surface area contributed by atoms with Crippen LogP contribution < -0.4 is 18.9 Å². The van der Waals surface area contributed by atoms with Gasteiger partial charge < -0.3 is 18.9 Å². The number of ether oxygens (including phenoxy) is 4. The predicted molar refractivity (Wildman–Crippen MR) is 84.2 cm³/mol. The molecule has 2 aromatic carbocycles. The molecule has 0 bridgehead atoms. The first-order valence-electron chi connectivity index (χ1n) is 7.30. The van der Waals surface area contributed by atoms with Crippen LogP contribution in [0.2, 0.25) is 0 Å². The average molecular weight is 300 g/mol. The SMILES string of the molecule is COc1ccc(C2CCc3cc(OC)c(OC)cc3O2)cc1. The molecule has 0 aliphatic carbocycles. The third-order valence-electron chi connectivity index (χ3n) is 4.00. The highest BCUT2D eigenvalue weighted by atomic mass is 16.5. The second-order valence-corrected chi connectivity index (χ2v) is 5.23. The Balaban J connectivity index is 1.86. The lowest BCUT2D eigenvalue weighted by Crippen LogP contribution is -2.15. The van der Waals surface area contributed by atoms with Crippen LogP contribution in [0.25, 0.3) is 0 Å². The van der Waals surface area contributed by atoms with Crippen molar-refractivity contribution in [2.45, 2.75) is 18.9 Å². The maximum absolute atomic E-state index is 6.16. The van der Waals surface area contributed by atoms with E-state index < -0.39 is 0 Å². The van der Waals surface area contributed by atoms with E-state index in [0.717, 1.165) is 41.2 Å². The molecule has 0 spiro atoms. The van der Waals surface area contributed by atoms with Crippen LogP contribution in [0.3, 0.4) is 0 Å². The van der Waals surface area contributed by atoms with Crippen LogP contribution in [-0.2, 0) is 6.42 Å². The van der Waals surface area contributed by atoms with E-state index in [9.17, 15) is 0 Å². The molecule has 0 saturated carbocycles. The Kier molecular flexibility index (Phi) is 4.09. The van der Waals surface area contributed by atoms with Crippen LogP contribution in [0.4, 0.5) is 0 Å². The molecule has 1 aliphatic heterocycles. The minimum Gasteiger partial charge on any atom is -0.497 e. The number of hydrogen-bond acceptors (Lipinski definition) is 4. The second-order valence-electron chi connectivity index (χ2n) is 5.23. The summed E-state index contributed by atoms with van der Waals surface area (Å²) in [4.78, 5) is 0. The van der Waals surface area contributed by atoms with Crippen LogP contribution in [0.5, 0.6) is 23.0 Å². The fourth-order valence-corrected chi connectivity index (χ4v) is 2.76. The van der Waals surface area contributed by atoms with Crippen LogP contribution >= 0.6 is 0 Å². The molecule has 0 saturated heterocycles. The molecule has 3 rings (SSSR count). The van der Waals surface area contributed by atoms with E-state index in [1.165, 1.54) is 0 Å². The van der Waals surface area contributed by atoms with Gasteiger partial charge in [0.1, 0.15) is 17.6 Å². The normalized spacial score (nSPS) is 16.4. The highest BCUT2D eigenvalue weighted by molar-refractivity contribution is 5.51. The monoisotopic (exact) mass is 300 g/mol. The largest absolute Gasteiger partial charge is 0.497 e. The molecule has 22 heavy (non-hydrogen) atoms. The smallest absolute Gasteiger partial charge is 0.164 e. The van der Waals surface area contributed by atoms with E-state index in [1.54, 1.807) is 21.3 Å². The Morgan fingerprint density at radius 1 is 0.909 bits per heavy atom.